The lowest BCUT2D eigenvalue weighted by molar-refractivity contribution is -0.0122. The Morgan fingerprint density at radius 2 is 1.71 bits per heavy atom. The standard InChI is InChI=1S/C10H21NO3/c1-7(2)13-8(3)11-9(12)14-10(4,5)6/h7-8H,1-6H3,(H,11,12). The van der Waals surface area contributed by atoms with Crippen molar-refractivity contribution in [2.24, 2.45) is 0 Å². The first-order chi connectivity index (χ1) is 6.20. The Balaban J connectivity index is 3.83. The van der Waals surface area contributed by atoms with Crippen LogP contribution in [0.15, 0.2) is 0 Å². The first-order valence-electron chi connectivity index (χ1n) is 4.85. The van der Waals surface area contributed by atoms with Gasteiger partial charge in [-0.15, -0.1) is 0 Å². The van der Waals surface area contributed by atoms with Crippen LogP contribution >= 0.6 is 0 Å². The molecule has 1 unspecified atom stereocenters. The van der Waals surface area contributed by atoms with Gasteiger partial charge in [0.1, 0.15) is 11.8 Å². The summed E-state index contributed by atoms with van der Waals surface area (Å²) in [6.45, 7) is 11.0. The van der Waals surface area contributed by atoms with Gasteiger partial charge in [-0.05, 0) is 41.5 Å². The maximum Gasteiger partial charge on any atom is 0.409 e. The minimum Gasteiger partial charge on any atom is -0.444 e. The molecule has 0 aliphatic rings. The summed E-state index contributed by atoms with van der Waals surface area (Å²) in [5.74, 6) is 0. The lowest BCUT2D eigenvalue weighted by Crippen LogP contribution is -2.39. The Bertz CT molecular complexity index is 184. The molecule has 0 aromatic carbocycles. The summed E-state index contributed by atoms with van der Waals surface area (Å²) in [5.41, 5.74) is -0.471. The molecule has 0 aliphatic carbocycles. The van der Waals surface area contributed by atoms with Crippen molar-refractivity contribution >= 4 is 6.09 Å². The quantitative estimate of drug-likeness (QED) is 0.716. The average Bonchev–Trinajstić information content (AvgIpc) is 1.77. The summed E-state index contributed by atoms with van der Waals surface area (Å²) in [5, 5.41) is 2.58. The fourth-order valence-corrected chi connectivity index (χ4v) is 0.916. The van der Waals surface area contributed by atoms with Gasteiger partial charge < -0.3 is 9.47 Å². The van der Waals surface area contributed by atoms with Gasteiger partial charge >= 0.3 is 6.09 Å². The molecule has 1 N–H and O–H groups in total. The van der Waals surface area contributed by atoms with Crippen LogP contribution in [0.5, 0.6) is 0 Å². The van der Waals surface area contributed by atoms with Crippen molar-refractivity contribution in [1.82, 2.24) is 5.32 Å². The van der Waals surface area contributed by atoms with Gasteiger partial charge in [0, 0.05) is 0 Å². The Morgan fingerprint density at radius 3 is 2.07 bits per heavy atom. The first-order valence-corrected chi connectivity index (χ1v) is 4.85. The van der Waals surface area contributed by atoms with E-state index < -0.39 is 11.7 Å². The molecular weight excluding hydrogens is 182 g/mol. The monoisotopic (exact) mass is 203 g/mol. The van der Waals surface area contributed by atoms with E-state index >= 15 is 0 Å². The normalized spacial score (nSPS) is 13.9. The van der Waals surface area contributed by atoms with Crippen LogP contribution in [-0.4, -0.2) is 24.0 Å². The molecule has 0 bridgehead atoms. The van der Waals surface area contributed by atoms with Crippen LogP contribution in [0, 0.1) is 0 Å². The number of alkyl carbamates (subject to hydrolysis) is 1. The van der Waals surface area contributed by atoms with Crippen LogP contribution in [-0.2, 0) is 9.47 Å². The van der Waals surface area contributed by atoms with Crippen LogP contribution in [0.3, 0.4) is 0 Å². The number of rotatable bonds is 3. The lowest BCUT2D eigenvalue weighted by atomic mass is 10.2. The largest absolute Gasteiger partial charge is 0.444 e. The minimum atomic E-state index is -0.471. The van der Waals surface area contributed by atoms with Gasteiger partial charge in [-0.2, -0.15) is 0 Å². The van der Waals surface area contributed by atoms with Crippen molar-refractivity contribution in [2.75, 3.05) is 0 Å². The van der Waals surface area contributed by atoms with Crippen molar-refractivity contribution in [1.29, 1.82) is 0 Å². The van der Waals surface area contributed by atoms with Crippen molar-refractivity contribution in [3.05, 3.63) is 0 Å². The summed E-state index contributed by atoms with van der Waals surface area (Å²) in [4.78, 5) is 11.2. The molecule has 1 atom stereocenters. The van der Waals surface area contributed by atoms with Crippen LogP contribution in [0.2, 0.25) is 0 Å². The van der Waals surface area contributed by atoms with Crippen molar-refractivity contribution in [2.45, 2.75) is 59.5 Å². The van der Waals surface area contributed by atoms with E-state index in [1.807, 2.05) is 34.6 Å². The summed E-state index contributed by atoms with van der Waals surface area (Å²) < 4.78 is 10.4. The molecule has 1 amide bonds. The van der Waals surface area contributed by atoms with Crippen LogP contribution < -0.4 is 5.32 Å². The highest BCUT2D eigenvalue weighted by molar-refractivity contribution is 5.67. The van der Waals surface area contributed by atoms with Gasteiger partial charge in [-0.1, -0.05) is 0 Å². The molecule has 0 spiro atoms. The van der Waals surface area contributed by atoms with E-state index in [0.717, 1.165) is 0 Å². The second-order valence-corrected chi connectivity index (χ2v) is 4.47. The SMILES string of the molecule is CC(C)OC(C)NC(=O)OC(C)(C)C. The van der Waals surface area contributed by atoms with E-state index in [9.17, 15) is 4.79 Å². The second-order valence-electron chi connectivity index (χ2n) is 4.47. The molecule has 84 valence electrons. The van der Waals surface area contributed by atoms with Crippen molar-refractivity contribution in [3.8, 4) is 0 Å². The topological polar surface area (TPSA) is 47.6 Å². The number of carbonyl (C=O) groups excluding carboxylic acids is 1. The van der Waals surface area contributed by atoms with Crippen LogP contribution in [0.4, 0.5) is 4.79 Å². The molecular formula is C10H21NO3. The van der Waals surface area contributed by atoms with E-state index in [2.05, 4.69) is 5.32 Å². The third-order valence-corrected chi connectivity index (χ3v) is 1.20. The zero-order valence-corrected chi connectivity index (χ0v) is 9.88. The Kier molecular flexibility index (Phi) is 4.91. The van der Waals surface area contributed by atoms with Gasteiger partial charge in [0.05, 0.1) is 6.10 Å². The molecule has 0 saturated carbocycles. The van der Waals surface area contributed by atoms with Crippen molar-refractivity contribution < 1.29 is 14.3 Å². The van der Waals surface area contributed by atoms with Gasteiger partial charge in [0.15, 0.2) is 0 Å². The molecule has 0 saturated heterocycles. The smallest absolute Gasteiger partial charge is 0.409 e. The zero-order chi connectivity index (χ0) is 11.4. The molecule has 0 aromatic rings. The summed E-state index contributed by atoms with van der Waals surface area (Å²) in [7, 11) is 0. The van der Waals surface area contributed by atoms with E-state index in [1.165, 1.54) is 0 Å². The Morgan fingerprint density at radius 1 is 1.21 bits per heavy atom. The van der Waals surface area contributed by atoms with E-state index in [0.29, 0.717) is 0 Å². The molecule has 0 fully saturated rings. The molecule has 14 heavy (non-hydrogen) atoms. The highest BCUT2D eigenvalue weighted by atomic mass is 16.6. The van der Waals surface area contributed by atoms with Gasteiger partial charge in [0.25, 0.3) is 0 Å². The fraction of sp³-hybridized carbons (Fsp3) is 0.900. The number of carbonyl (C=O) groups is 1. The highest BCUT2D eigenvalue weighted by Gasteiger charge is 2.17. The zero-order valence-electron chi connectivity index (χ0n) is 9.88. The Hall–Kier alpha value is -0.770. The lowest BCUT2D eigenvalue weighted by Gasteiger charge is -2.22. The van der Waals surface area contributed by atoms with E-state index in [4.69, 9.17) is 9.47 Å². The number of amides is 1. The summed E-state index contributed by atoms with van der Waals surface area (Å²) in [6.07, 6.45) is -0.699. The van der Waals surface area contributed by atoms with E-state index in [1.54, 1.807) is 6.92 Å². The maximum atomic E-state index is 11.2. The fourth-order valence-electron chi connectivity index (χ4n) is 0.916. The minimum absolute atomic E-state index is 0.0833. The number of hydrogen-bond acceptors (Lipinski definition) is 3. The highest BCUT2D eigenvalue weighted by Crippen LogP contribution is 2.07. The first kappa shape index (κ1) is 13.2. The third-order valence-electron chi connectivity index (χ3n) is 1.20. The Labute approximate surface area is 86.0 Å². The van der Waals surface area contributed by atoms with Crippen LogP contribution in [0.25, 0.3) is 0 Å². The van der Waals surface area contributed by atoms with Gasteiger partial charge in [-0.25, -0.2) is 4.79 Å². The molecule has 0 rings (SSSR count). The molecule has 0 radical (unpaired) electrons. The molecule has 0 aromatic heterocycles. The maximum absolute atomic E-state index is 11.2. The number of hydrogen-bond donors (Lipinski definition) is 1. The van der Waals surface area contributed by atoms with E-state index in [-0.39, 0.29) is 12.3 Å². The third kappa shape index (κ3) is 7.86. The van der Waals surface area contributed by atoms with Gasteiger partial charge in [-0.3, -0.25) is 5.32 Å². The molecule has 0 aliphatic heterocycles. The predicted octanol–water partition coefficient (Wildman–Crippen LogP) is 2.28. The predicted molar refractivity (Wildman–Crippen MR) is 55.1 cm³/mol. The number of ether oxygens (including phenoxy) is 2. The van der Waals surface area contributed by atoms with Gasteiger partial charge in [0.2, 0.25) is 0 Å². The average molecular weight is 203 g/mol. The summed E-state index contributed by atoms with van der Waals surface area (Å²) in [6, 6.07) is 0. The van der Waals surface area contributed by atoms with Crippen LogP contribution in [0.1, 0.15) is 41.5 Å². The molecule has 0 heterocycles. The van der Waals surface area contributed by atoms with Crippen molar-refractivity contribution in [3.63, 3.8) is 0 Å². The molecule has 4 heteroatoms. The second kappa shape index (κ2) is 5.20. The summed E-state index contributed by atoms with van der Waals surface area (Å²) >= 11 is 0. The number of nitrogens with one attached hydrogen (secondary N) is 1. The molecule has 4 nitrogen and oxygen atoms in total.